The summed E-state index contributed by atoms with van der Waals surface area (Å²) in [5.74, 6) is 0.177. The van der Waals surface area contributed by atoms with Crippen LogP contribution >= 0.6 is 12.4 Å². The number of esters is 1. The van der Waals surface area contributed by atoms with Crippen LogP contribution in [-0.2, 0) is 14.3 Å². The van der Waals surface area contributed by atoms with Gasteiger partial charge in [0, 0.05) is 6.42 Å². The minimum atomic E-state index is -0.903. The third kappa shape index (κ3) is 5.67. The van der Waals surface area contributed by atoms with Crippen molar-refractivity contribution in [2.45, 2.75) is 51.5 Å². The zero-order valence-corrected chi connectivity index (χ0v) is 13.5. The van der Waals surface area contributed by atoms with E-state index in [1.165, 1.54) is 7.11 Å². The Morgan fingerprint density at radius 1 is 1.35 bits per heavy atom. The van der Waals surface area contributed by atoms with Crippen LogP contribution in [0.15, 0.2) is 0 Å². The number of rotatable bonds is 6. The Morgan fingerprint density at radius 2 is 1.95 bits per heavy atom. The molecule has 0 aromatic carbocycles. The van der Waals surface area contributed by atoms with E-state index >= 15 is 0 Å². The maximum atomic E-state index is 11.9. The van der Waals surface area contributed by atoms with Crippen molar-refractivity contribution in [3.63, 3.8) is 0 Å². The molecule has 1 heterocycles. The molecule has 1 aliphatic rings. The third-order valence-electron chi connectivity index (χ3n) is 4.00. The summed E-state index contributed by atoms with van der Waals surface area (Å²) in [4.78, 5) is 23.6. The van der Waals surface area contributed by atoms with Gasteiger partial charge >= 0.3 is 5.97 Å². The first-order valence-corrected chi connectivity index (χ1v) is 7.12. The molecule has 1 aliphatic heterocycles. The molecule has 1 amide bonds. The van der Waals surface area contributed by atoms with E-state index in [4.69, 9.17) is 4.74 Å². The van der Waals surface area contributed by atoms with Gasteiger partial charge in [-0.2, -0.15) is 0 Å². The Hall–Kier alpha value is -0.810. The molecule has 1 rings (SSSR count). The topological polar surface area (TPSA) is 67.4 Å². The highest BCUT2D eigenvalue weighted by atomic mass is 35.5. The minimum absolute atomic E-state index is 0. The van der Waals surface area contributed by atoms with Crippen molar-refractivity contribution in [2.75, 3.05) is 20.2 Å². The van der Waals surface area contributed by atoms with Gasteiger partial charge in [0.1, 0.15) is 5.54 Å². The maximum Gasteiger partial charge on any atom is 0.331 e. The zero-order valence-electron chi connectivity index (χ0n) is 12.7. The number of hydrogen-bond donors (Lipinski definition) is 2. The molecule has 0 spiro atoms. The Labute approximate surface area is 127 Å². The van der Waals surface area contributed by atoms with Gasteiger partial charge in [-0.15, -0.1) is 12.4 Å². The summed E-state index contributed by atoms with van der Waals surface area (Å²) in [5, 5.41) is 6.11. The Kier molecular flexibility index (Phi) is 8.81. The van der Waals surface area contributed by atoms with Crippen LogP contribution in [-0.4, -0.2) is 37.6 Å². The van der Waals surface area contributed by atoms with Crippen molar-refractivity contribution in [3.05, 3.63) is 0 Å². The highest BCUT2D eigenvalue weighted by Crippen LogP contribution is 2.18. The van der Waals surface area contributed by atoms with Crippen LogP contribution in [0.25, 0.3) is 0 Å². The summed E-state index contributed by atoms with van der Waals surface area (Å²) in [6, 6.07) is 0. The highest BCUT2D eigenvalue weighted by molar-refractivity contribution is 5.87. The van der Waals surface area contributed by atoms with Gasteiger partial charge in [-0.25, -0.2) is 4.79 Å². The number of piperidine rings is 1. The lowest BCUT2D eigenvalue weighted by atomic mass is 9.92. The summed E-state index contributed by atoms with van der Waals surface area (Å²) >= 11 is 0. The smallest absolute Gasteiger partial charge is 0.331 e. The molecular formula is C14H27ClN2O3. The normalized spacial score (nSPS) is 18.6. The van der Waals surface area contributed by atoms with Crippen molar-refractivity contribution >= 4 is 24.3 Å². The lowest BCUT2D eigenvalue weighted by molar-refractivity contribution is -0.150. The summed E-state index contributed by atoms with van der Waals surface area (Å²) in [5.41, 5.74) is -0.903. The standard InChI is InChI=1S/C14H26N2O3.ClH/c1-4-14(2,13(18)19-3)16-12(17)6-5-11-7-9-15-10-8-11;/h11,15H,4-10H2,1-3H3,(H,16,17);1H. The Bertz CT molecular complexity index is 320. The molecule has 6 heteroatoms. The number of halogens is 1. The van der Waals surface area contributed by atoms with Crippen LogP contribution in [0, 0.1) is 5.92 Å². The van der Waals surface area contributed by atoms with E-state index in [0.717, 1.165) is 32.4 Å². The number of methoxy groups -OCH3 is 1. The van der Waals surface area contributed by atoms with Gasteiger partial charge in [-0.1, -0.05) is 6.92 Å². The molecule has 118 valence electrons. The molecule has 0 aliphatic carbocycles. The molecule has 1 saturated heterocycles. The van der Waals surface area contributed by atoms with Crippen LogP contribution < -0.4 is 10.6 Å². The molecular weight excluding hydrogens is 280 g/mol. The zero-order chi connectivity index (χ0) is 14.3. The lowest BCUT2D eigenvalue weighted by Gasteiger charge is -2.27. The monoisotopic (exact) mass is 306 g/mol. The second-order valence-corrected chi connectivity index (χ2v) is 5.46. The van der Waals surface area contributed by atoms with Crippen LogP contribution in [0.5, 0.6) is 0 Å². The average Bonchev–Trinajstić information content (AvgIpc) is 2.45. The van der Waals surface area contributed by atoms with E-state index in [-0.39, 0.29) is 24.3 Å². The number of carbonyl (C=O) groups excluding carboxylic acids is 2. The number of nitrogens with one attached hydrogen (secondary N) is 2. The largest absolute Gasteiger partial charge is 0.467 e. The first kappa shape index (κ1) is 19.2. The SMILES string of the molecule is CCC(C)(NC(=O)CCC1CCNCC1)C(=O)OC.Cl. The van der Waals surface area contributed by atoms with E-state index in [1.54, 1.807) is 6.92 Å². The Morgan fingerprint density at radius 3 is 2.45 bits per heavy atom. The van der Waals surface area contributed by atoms with E-state index in [1.807, 2.05) is 6.92 Å². The molecule has 1 unspecified atom stereocenters. The van der Waals surface area contributed by atoms with Crippen molar-refractivity contribution in [1.29, 1.82) is 0 Å². The Balaban J connectivity index is 0.00000361. The summed E-state index contributed by atoms with van der Waals surface area (Å²) < 4.78 is 4.74. The first-order valence-electron chi connectivity index (χ1n) is 7.12. The van der Waals surface area contributed by atoms with Crippen molar-refractivity contribution < 1.29 is 14.3 Å². The summed E-state index contributed by atoms with van der Waals surface area (Å²) in [6.45, 7) is 5.66. The van der Waals surface area contributed by atoms with Crippen LogP contribution in [0.4, 0.5) is 0 Å². The van der Waals surface area contributed by atoms with E-state index in [0.29, 0.717) is 18.8 Å². The van der Waals surface area contributed by atoms with Crippen LogP contribution in [0.3, 0.4) is 0 Å². The molecule has 1 fully saturated rings. The number of amides is 1. The van der Waals surface area contributed by atoms with Gasteiger partial charge < -0.3 is 15.4 Å². The maximum absolute atomic E-state index is 11.9. The molecule has 0 aromatic heterocycles. The van der Waals surface area contributed by atoms with Crippen LogP contribution in [0.1, 0.15) is 46.0 Å². The van der Waals surface area contributed by atoms with Gasteiger partial charge in [-0.05, 0) is 51.6 Å². The number of ether oxygens (including phenoxy) is 1. The fraction of sp³-hybridized carbons (Fsp3) is 0.857. The molecule has 2 N–H and O–H groups in total. The van der Waals surface area contributed by atoms with Crippen molar-refractivity contribution in [1.82, 2.24) is 10.6 Å². The van der Waals surface area contributed by atoms with Gasteiger partial charge in [0.25, 0.3) is 0 Å². The second-order valence-electron chi connectivity index (χ2n) is 5.46. The molecule has 0 radical (unpaired) electrons. The van der Waals surface area contributed by atoms with Crippen LogP contribution in [0.2, 0.25) is 0 Å². The molecule has 1 atom stereocenters. The molecule has 0 saturated carbocycles. The lowest BCUT2D eigenvalue weighted by Crippen LogP contribution is -2.52. The molecule has 20 heavy (non-hydrogen) atoms. The number of hydrogen-bond acceptors (Lipinski definition) is 4. The van der Waals surface area contributed by atoms with Gasteiger partial charge in [0.2, 0.25) is 5.91 Å². The van der Waals surface area contributed by atoms with Crippen molar-refractivity contribution in [3.8, 4) is 0 Å². The predicted molar refractivity (Wildman–Crippen MR) is 80.9 cm³/mol. The average molecular weight is 307 g/mol. The minimum Gasteiger partial charge on any atom is -0.467 e. The van der Waals surface area contributed by atoms with E-state index in [2.05, 4.69) is 10.6 Å². The second kappa shape index (κ2) is 9.19. The molecule has 0 bridgehead atoms. The summed E-state index contributed by atoms with van der Waals surface area (Å²) in [7, 11) is 1.34. The highest BCUT2D eigenvalue weighted by Gasteiger charge is 2.34. The van der Waals surface area contributed by atoms with E-state index in [9.17, 15) is 9.59 Å². The van der Waals surface area contributed by atoms with Gasteiger partial charge in [0.15, 0.2) is 0 Å². The fourth-order valence-electron chi connectivity index (χ4n) is 2.38. The van der Waals surface area contributed by atoms with Gasteiger partial charge in [0.05, 0.1) is 7.11 Å². The third-order valence-corrected chi connectivity index (χ3v) is 4.00. The van der Waals surface area contributed by atoms with Gasteiger partial charge in [-0.3, -0.25) is 4.79 Å². The first-order chi connectivity index (χ1) is 9.01. The summed E-state index contributed by atoms with van der Waals surface area (Å²) in [6.07, 6.45) is 4.18. The van der Waals surface area contributed by atoms with E-state index < -0.39 is 5.54 Å². The molecule has 0 aromatic rings. The van der Waals surface area contributed by atoms with Crippen molar-refractivity contribution in [2.24, 2.45) is 5.92 Å². The fourth-order valence-corrected chi connectivity index (χ4v) is 2.38. The molecule has 5 nitrogen and oxygen atoms in total. The number of carbonyl (C=O) groups is 2. The quantitative estimate of drug-likeness (QED) is 0.732. The predicted octanol–water partition coefficient (Wildman–Crippen LogP) is 1.65.